The highest BCUT2D eigenvalue weighted by Crippen LogP contribution is 2.22. The number of para-hydroxylation sites is 1. The van der Waals surface area contributed by atoms with Crippen LogP contribution in [0, 0.1) is 0 Å². The number of hydrogen-bond acceptors (Lipinski definition) is 4. The Balaban J connectivity index is 2.80. The Bertz CT molecular complexity index is 725. The molecule has 7 heteroatoms. The molecule has 2 aromatic rings. The Labute approximate surface area is 118 Å². The average molecular weight is 298 g/mol. The summed E-state index contributed by atoms with van der Waals surface area (Å²) in [5.74, 6) is -1.36. The van der Waals surface area contributed by atoms with E-state index in [1.54, 1.807) is 12.1 Å². The third-order valence-corrected chi connectivity index (χ3v) is 3.20. The molecule has 0 amide bonds. The van der Waals surface area contributed by atoms with Crippen molar-refractivity contribution in [2.45, 2.75) is 12.6 Å². The lowest BCUT2D eigenvalue weighted by molar-refractivity contribution is 0.0691. The van der Waals surface area contributed by atoms with E-state index in [1.165, 1.54) is 10.6 Å². The second kappa shape index (κ2) is 5.62. The molecule has 0 radical (unpaired) electrons. The monoisotopic (exact) mass is 297 g/mol. The van der Waals surface area contributed by atoms with Gasteiger partial charge in [-0.05, 0) is 12.1 Å². The van der Waals surface area contributed by atoms with E-state index in [9.17, 15) is 14.7 Å². The summed E-state index contributed by atoms with van der Waals surface area (Å²) in [6, 6.07) is 4.58. The van der Waals surface area contributed by atoms with Gasteiger partial charge in [-0.3, -0.25) is 4.79 Å². The molecule has 0 aliphatic rings. The number of aliphatic hydroxyl groups is 2. The summed E-state index contributed by atoms with van der Waals surface area (Å²) in [5, 5.41) is 27.9. The Kier molecular flexibility index (Phi) is 4.08. The van der Waals surface area contributed by atoms with E-state index in [0.717, 1.165) is 6.20 Å². The van der Waals surface area contributed by atoms with E-state index in [4.69, 9.17) is 21.8 Å². The molecule has 106 valence electrons. The van der Waals surface area contributed by atoms with E-state index in [2.05, 4.69) is 0 Å². The molecule has 0 saturated heterocycles. The maximum atomic E-state index is 12.1. The molecule has 0 fully saturated rings. The van der Waals surface area contributed by atoms with Crippen molar-refractivity contribution in [3.05, 3.63) is 45.2 Å². The van der Waals surface area contributed by atoms with Gasteiger partial charge >= 0.3 is 5.97 Å². The minimum Gasteiger partial charge on any atom is -0.477 e. The number of carboxylic acids is 1. The summed E-state index contributed by atoms with van der Waals surface area (Å²) in [6.45, 7) is -0.558. The van der Waals surface area contributed by atoms with Crippen molar-refractivity contribution in [1.29, 1.82) is 0 Å². The maximum absolute atomic E-state index is 12.1. The van der Waals surface area contributed by atoms with Crippen molar-refractivity contribution in [3.63, 3.8) is 0 Å². The molecule has 1 atom stereocenters. The first-order valence-electron chi connectivity index (χ1n) is 5.79. The average Bonchev–Trinajstić information content (AvgIpc) is 2.41. The van der Waals surface area contributed by atoms with Crippen LogP contribution in [-0.2, 0) is 6.54 Å². The van der Waals surface area contributed by atoms with Crippen LogP contribution in [0.3, 0.4) is 0 Å². The minimum atomic E-state index is -1.36. The lowest BCUT2D eigenvalue weighted by Gasteiger charge is -2.15. The van der Waals surface area contributed by atoms with Gasteiger partial charge in [-0.15, -0.1) is 0 Å². The van der Waals surface area contributed by atoms with Gasteiger partial charge in [-0.25, -0.2) is 4.79 Å². The Hall–Kier alpha value is -1.89. The van der Waals surface area contributed by atoms with Gasteiger partial charge in [-0.1, -0.05) is 17.7 Å². The van der Waals surface area contributed by atoms with Crippen LogP contribution in [-0.4, -0.2) is 38.6 Å². The van der Waals surface area contributed by atoms with Crippen LogP contribution >= 0.6 is 11.6 Å². The molecular weight excluding hydrogens is 286 g/mol. The number of carboxylic acid groups (broad SMARTS) is 1. The topological polar surface area (TPSA) is 99.8 Å². The van der Waals surface area contributed by atoms with Gasteiger partial charge in [0.15, 0.2) is 0 Å². The Morgan fingerprint density at radius 1 is 1.40 bits per heavy atom. The van der Waals surface area contributed by atoms with Crippen molar-refractivity contribution < 1.29 is 20.1 Å². The smallest absolute Gasteiger partial charge is 0.341 e. The van der Waals surface area contributed by atoms with E-state index in [1.807, 2.05) is 0 Å². The molecule has 0 bridgehead atoms. The largest absolute Gasteiger partial charge is 0.477 e. The van der Waals surface area contributed by atoms with Crippen molar-refractivity contribution in [3.8, 4) is 0 Å². The lowest BCUT2D eigenvalue weighted by Crippen LogP contribution is -2.24. The Morgan fingerprint density at radius 3 is 2.70 bits per heavy atom. The molecule has 0 aliphatic carbocycles. The summed E-state index contributed by atoms with van der Waals surface area (Å²) in [6.07, 6.45) is 0.0382. The lowest BCUT2D eigenvalue weighted by atomic mass is 10.1. The first-order chi connectivity index (χ1) is 9.45. The number of hydrogen-bond donors (Lipinski definition) is 3. The number of rotatable bonds is 4. The fourth-order valence-corrected chi connectivity index (χ4v) is 2.28. The zero-order valence-corrected chi connectivity index (χ0v) is 11.0. The second-order valence-electron chi connectivity index (χ2n) is 4.30. The predicted octanol–water partition coefficient (Wildman–Crippen LogP) is 0.706. The highest BCUT2D eigenvalue weighted by molar-refractivity contribution is 6.35. The molecule has 1 unspecified atom stereocenters. The number of halogens is 1. The van der Waals surface area contributed by atoms with E-state index in [0.29, 0.717) is 5.52 Å². The molecule has 6 nitrogen and oxygen atoms in total. The number of aromatic nitrogens is 1. The van der Waals surface area contributed by atoms with Crippen LogP contribution in [0.15, 0.2) is 29.2 Å². The van der Waals surface area contributed by atoms with Crippen LogP contribution in [0.25, 0.3) is 10.9 Å². The van der Waals surface area contributed by atoms with E-state index >= 15 is 0 Å². The van der Waals surface area contributed by atoms with Crippen LogP contribution in [0.5, 0.6) is 0 Å². The first-order valence-corrected chi connectivity index (χ1v) is 6.17. The van der Waals surface area contributed by atoms with Crippen molar-refractivity contribution in [1.82, 2.24) is 4.57 Å². The number of benzene rings is 1. The standard InChI is InChI=1S/C13H12ClNO5/c14-10-3-1-2-8-11(10)15(4-7(17)6-16)5-9(12(8)18)13(19)20/h1-3,5,7,16-17H,4,6H2,(H,19,20). The number of carbonyl (C=O) groups is 1. The predicted molar refractivity (Wildman–Crippen MR) is 73.3 cm³/mol. The quantitative estimate of drug-likeness (QED) is 0.771. The molecule has 0 aliphatic heterocycles. The molecule has 1 aromatic heterocycles. The fraction of sp³-hybridized carbons (Fsp3) is 0.231. The molecule has 20 heavy (non-hydrogen) atoms. The van der Waals surface area contributed by atoms with E-state index < -0.39 is 29.7 Å². The van der Waals surface area contributed by atoms with Gasteiger partial charge in [0.25, 0.3) is 0 Å². The summed E-state index contributed by atoms with van der Waals surface area (Å²) in [4.78, 5) is 23.2. The van der Waals surface area contributed by atoms with Gasteiger partial charge < -0.3 is 19.9 Å². The van der Waals surface area contributed by atoms with Crippen molar-refractivity contribution >= 4 is 28.5 Å². The zero-order valence-electron chi connectivity index (χ0n) is 10.3. The molecule has 2 rings (SSSR count). The van der Waals surface area contributed by atoms with Crippen LogP contribution in [0.1, 0.15) is 10.4 Å². The number of aliphatic hydroxyl groups excluding tert-OH is 2. The normalized spacial score (nSPS) is 12.6. The number of pyridine rings is 1. The first kappa shape index (κ1) is 14.5. The maximum Gasteiger partial charge on any atom is 0.341 e. The SMILES string of the molecule is O=C(O)c1cn(CC(O)CO)c2c(Cl)cccc2c1=O. The number of nitrogens with zero attached hydrogens (tertiary/aromatic N) is 1. The van der Waals surface area contributed by atoms with Crippen LogP contribution in [0.2, 0.25) is 5.02 Å². The number of aromatic carboxylic acids is 1. The Morgan fingerprint density at radius 2 is 2.10 bits per heavy atom. The van der Waals surface area contributed by atoms with Crippen LogP contribution < -0.4 is 5.43 Å². The third kappa shape index (κ3) is 2.53. The van der Waals surface area contributed by atoms with Crippen molar-refractivity contribution in [2.24, 2.45) is 0 Å². The van der Waals surface area contributed by atoms with Crippen molar-refractivity contribution in [2.75, 3.05) is 6.61 Å². The van der Waals surface area contributed by atoms with Gasteiger partial charge in [-0.2, -0.15) is 0 Å². The summed E-state index contributed by atoms with van der Waals surface area (Å²) in [7, 11) is 0. The summed E-state index contributed by atoms with van der Waals surface area (Å²) < 4.78 is 1.36. The minimum absolute atomic E-state index is 0.0721. The third-order valence-electron chi connectivity index (χ3n) is 2.90. The molecule has 1 heterocycles. The molecule has 0 spiro atoms. The molecule has 3 N–H and O–H groups in total. The molecule has 0 saturated carbocycles. The second-order valence-corrected chi connectivity index (χ2v) is 4.71. The summed E-state index contributed by atoms with van der Waals surface area (Å²) >= 11 is 6.04. The van der Waals surface area contributed by atoms with Crippen LogP contribution in [0.4, 0.5) is 0 Å². The van der Waals surface area contributed by atoms with Gasteiger partial charge in [0.1, 0.15) is 5.56 Å². The molecule has 1 aromatic carbocycles. The number of fused-ring (bicyclic) bond motifs is 1. The zero-order chi connectivity index (χ0) is 14.9. The van der Waals surface area contributed by atoms with Gasteiger partial charge in [0, 0.05) is 11.6 Å². The highest BCUT2D eigenvalue weighted by atomic mass is 35.5. The highest BCUT2D eigenvalue weighted by Gasteiger charge is 2.17. The van der Waals surface area contributed by atoms with E-state index in [-0.39, 0.29) is 17.0 Å². The van der Waals surface area contributed by atoms with Gasteiger partial charge in [0.2, 0.25) is 5.43 Å². The summed E-state index contributed by atoms with van der Waals surface area (Å²) in [5.41, 5.74) is -0.716. The fourth-order valence-electron chi connectivity index (χ4n) is 2.00. The molecular formula is C13H12ClNO5. The van der Waals surface area contributed by atoms with Gasteiger partial charge in [0.05, 0.1) is 29.8 Å².